The van der Waals surface area contributed by atoms with Gasteiger partial charge in [0, 0.05) is 36.1 Å². The van der Waals surface area contributed by atoms with Gasteiger partial charge in [0.05, 0.1) is 6.10 Å². The van der Waals surface area contributed by atoms with E-state index in [1.807, 2.05) is 30.5 Å². The molecule has 0 bridgehead atoms. The summed E-state index contributed by atoms with van der Waals surface area (Å²) in [6.45, 7) is 0.861. The highest BCUT2D eigenvalue weighted by atomic mass is 16.3. The standard InChI is InChI=1S/C16H20N4O/c21-14-8-12(9-14)15-10-16(20-11-19-15)18-7-3-5-13-4-1-2-6-17-13/h1-2,4,6,10-12,14,21H,3,5,7-9H2,(H,18,19,20). The average Bonchev–Trinajstić information content (AvgIpc) is 2.50. The highest BCUT2D eigenvalue weighted by Crippen LogP contribution is 2.35. The Morgan fingerprint density at radius 3 is 2.86 bits per heavy atom. The van der Waals surface area contributed by atoms with E-state index in [0.717, 1.165) is 49.4 Å². The van der Waals surface area contributed by atoms with E-state index in [-0.39, 0.29) is 6.10 Å². The molecule has 0 atom stereocenters. The van der Waals surface area contributed by atoms with E-state index in [1.54, 1.807) is 6.33 Å². The lowest BCUT2D eigenvalue weighted by Gasteiger charge is -2.30. The zero-order valence-corrected chi connectivity index (χ0v) is 11.9. The molecule has 0 saturated heterocycles. The third-order valence-electron chi connectivity index (χ3n) is 3.86. The zero-order chi connectivity index (χ0) is 14.5. The Morgan fingerprint density at radius 2 is 2.10 bits per heavy atom. The fourth-order valence-corrected chi connectivity index (χ4v) is 2.55. The van der Waals surface area contributed by atoms with E-state index in [9.17, 15) is 5.11 Å². The first-order valence-corrected chi connectivity index (χ1v) is 7.45. The van der Waals surface area contributed by atoms with Crippen LogP contribution in [0.3, 0.4) is 0 Å². The number of nitrogens with one attached hydrogen (secondary N) is 1. The summed E-state index contributed by atoms with van der Waals surface area (Å²) in [4.78, 5) is 12.9. The summed E-state index contributed by atoms with van der Waals surface area (Å²) in [7, 11) is 0. The number of hydrogen-bond acceptors (Lipinski definition) is 5. The van der Waals surface area contributed by atoms with Gasteiger partial charge in [0.25, 0.3) is 0 Å². The van der Waals surface area contributed by atoms with Crippen molar-refractivity contribution < 1.29 is 5.11 Å². The highest BCUT2D eigenvalue weighted by Gasteiger charge is 2.29. The smallest absolute Gasteiger partial charge is 0.129 e. The Bertz CT molecular complexity index is 569. The number of anilines is 1. The third-order valence-corrected chi connectivity index (χ3v) is 3.86. The van der Waals surface area contributed by atoms with E-state index < -0.39 is 0 Å². The molecule has 0 aliphatic heterocycles. The molecule has 0 spiro atoms. The van der Waals surface area contributed by atoms with E-state index in [2.05, 4.69) is 20.3 Å². The molecular formula is C16H20N4O. The number of rotatable bonds is 6. The second-order valence-electron chi connectivity index (χ2n) is 5.50. The van der Waals surface area contributed by atoms with Gasteiger partial charge < -0.3 is 10.4 Å². The molecule has 1 fully saturated rings. The van der Waals surface area contributed by atoms with Gasteiger partial charge in [-0.25, -0.2) is 9.97 Å². The second-order valence-corrected chi connectivity index (χ2v) is 5.50. The minimum Gasteiger partial charge on any atom is -0.393 e. The number of pyridine rings is 1. The SMILES string of the molecule is OC1CC(c2cc(NCCCc3ccccn3)ncn2)C1. The fourth-order valence-electron chi connectivity index (χ4n) is 2.55. The van der Waals surface area contributed by atoms with Crippen molar-refractivity contribution in [2.45, 2.75) is 37.7 Å². The summed E-state index contributed by atoms with van der Waals surface area (Å²) >= 11 is 0. The lowest BCUT2D eigenvalue weighted by molar-refractivity contribution is 0.0732. The maximum Gasteiger partial charge on any atom is 0.129 e. The van der Waals surface area contributed by atoms with Gasteiger partial charge in [0.15, 0.2) is 0 Å². The summed E-state index contributed by atoms with van der Waals surface area (Å²) in [6, 6.07) is 7.99. The van der Waals surface area contributed by atoms with Crippen molar-refractivity contribution >= 4 is 5.82 Å². The largest absolute Gasteiger partial charge is 0.393 e. The van der Waals surface area contributed by atoms with Crippen LogP contribution in [0.4, 0.5) is 5.82 Å². The predicted molar refractivity (Wildman–Crippen MR) is 81.1 cm³/mol. The monoisotopic (exact) mass is 284 g/mol. The van der Waals surface area contributed by atoms with Crippen LogP contribution in [0.2, 0.25) is 0 Å². The highest BCUT2D eigenvalue weighted by molar-refractivity contribution is 5.36. The van der Waals surface area contributed by atoms with Crippen LogP contribution in [-0.4, -0.2) is 32.7 Å². The second kappa shape index (κ2) is 6.63. The number of aromatic nitrogens is 3. The summed E-state index contributed by atoms with van der Waals surface area (Å²) < 4.78 is 0. The summed E-state index contributed by atoms with van der Waals surface area (Å²) in [5.41, 5.74) is 2.15. The van der Waals surface area contributed by atoms with Gasteiger partial charge in [0.1, 0.15) is 12.1 Å². The summed E-state index contributed by atoms with van der Waals surface area (Å²) in [5.74, 6) is 1.25. The van der Waals surface area contributed by atoms with Crippen LogP contribution < -0.4 is 5.32 Å². The molecule has 5 nitrogen and oxygen atoms in total. The molecule has 0 amide bonds. The Kier molecular flexibility index (Phi) is 4.40. The van der Waals surface area contributed by atoms with E-state index >= 15 is 0 Å². The minimum absolute atomic E-state index is 0.153. The summed E-state index contributed by atoms with van der Waals surface area (Å²) in [6.07, 6.45) is 6.87. The molecule has 0 unspecified atom stereocenters. The molecule has 2 N–H and O–H groups in total. The molecule has 0 radical (unpaired) electrons. The number of nitrogens with zero attached hydrogens (tertiary/aromatic N) is 3. The van der Waals surface area contributed by atoms with Crippen molar-refractivity contribution in [3.8, 4) is 0 Å². The van der Waals surface area contributed by atoms with Crippen LogP contribution in [0.15, 0.2) is 36.8 Å². The van der Waals surface area contributed by atoms with E-state index in [4.69, 9.17) is 0 Å². The van der Waals surface area contributed by atoms with Crippen molar-refractivity contribution in [2.75, 3.05) is 11.9 Å². The number of aliphatic hydroxyl groups is 1. The lowest BCUT2D eigenvalue weighted by Crippen LogP contribution is -2.27. The Balaban J connectivity index is 1.46. The molecule has 1 saturated carbocycles. The Hall–Kier alpha value is -2.01. The summed E-state index contributed by atoms with van der Waals surface area (Å²) in [5, 5.41) is 12.7. The van der Waals surface area contributed by atoms with Crippen molar-refractivity contribution in [2.24, 2.45) is 0 Å². The van der Waals surface area contributed by atoms with Crippen molar-refractivity contribution in [3.05, 3.63) is 48.2 Å². The predicted octanol–water partition coefficient (Wildman–Crippen LogP) is 2.15. The van der Waals surface area contributed by atoms with Gasteiger partial charge in [-0.05, 0) is 37.8 Å². The van der Waals surface area contributed by atoms with Crippen LogP contribution in [-0.2, 0) is 6.42 Å². The van der Waals surface area contributed by atoms with Crippen molar-refractivity contribution in [1.82, 2.24) is 15.0 Å². The normalized spacial score (nSPS) is 20.8. The van der Waals surface area contributed by atoms with Gasteiger partial charge in [-0.2, -0.15) is 0 Å². The first-order chi connectivity index (χ1) is 10.3. The molecule has 1 aliphatic carbocycles. The minimum atomic E-state index is -0.153. The van der Waals surface area contributed by atoms with Crippen molar-refractivity contribution in [1.29, 1.82) is 0 Å². The van der Waals surface area contributed by atoms with Crippen LogP contribution in [0.5, 0.6) is 0 Å². The molecule has 2 heterocycles. The molecule has 2 aromatic rings. The topological polar surface area (TPSA) is 70.9 Å². The van der Waals surface area contributed by atoms with Crippen LogP contribution in [0.1, 0.15) is 36.6 Å². The zero-order valence-electron chi connectivity index (χ0n) is 11.9. The van der Waals surface area contributed by atoms with Gasteiger partial charge in [-0.3, -0.25) is 4.98 Å². The first-order valence-electron chi connectivity index (χ1n) is 7.45. The Morgan fingerprint density at radius 1 is 1.19 bits per heavy atom. The quantitative estimate of drug-likeness (QED) is 0.795. The maximum atomic E-state index is 9.37. The molecule has 21 heavy (non-hydrogen) atoms. The first kappa shape index (κ1) is 13.9. The number of aryl methyl sites for hydroxylation is 1. The van der Waals surface area contributed by atoms with Crippen molar-refractivity contribution in [3.63, 3.8) is 0 Å². The lowest BCUT2D eigenvalue weighted by atomic mass is 9.80. The van der Waals surface area contributed by atoms with Crippen LogP contribution in [0.25, 0.3) is 0 Å². The van der Waals surface area contributed by atoms with E-state index in [1.165, 1.54) is 0 Å². The third kappa shape index (κ3) is 3.76. The fraction of sp³-hybridized carbons (Fsp3) is 0.438. The molecule has 1 aliphatic rings. The van der Waals surface area contributed by atoms with Gasteiger partial charge in [-0.1, -0.05) is 6.07 Å². The number of aliphatic hydroxyl groups excluding tert-OH is 1. The van der Waals surface area contributed by atoms with Gasteiger partial charge in [-0.15, -0.1) is 0 Å². The van der Waals surface area contributed by atoms with Gasteiger partial charge >= 0.3 is 0 Å². The molecule has 5 heteroatoms. The number of hydrogen-bond donors (Lipinski definition) is 2. The molecule has 3 rings (SSSR count). The molecule has 2 aromatic heterocycles. The molecule has 110 valence electrons. The molecule has 0 aromatic carbocycles. The van der Waals surface area contributed by atoms with Crippen LogP contribution >= 0.6 is 0 Å². The van der Waals surface area contributed by atoms with Gasteiger partial charge in [0.2, 0.25) is 0 Å². The Labute approximate surface area is 124 Å². The average molecular weight is 284 g/mol. The van der Waals surface area contributed by atoms with E-state index in [0.29, 0.717) is 5.92 Å². The molecular weight excluding hydrogens is 264 g/mol. The maximum absolute atomic E-state index is 9.37. The van der Waals surface area contributed by atoms with Crippen LogP contribution in [0, 0.1) is 0 Å².